The van der Waals surface area contributed by atoms with Gasteiger partial charge in [0.2, 0.25) is 0 Å². The van der Waals surface area contributed by atoms with Gasteiger partial charge >= 0.3 is 0 Å². The summed E-state index contributed by atoms with van der Waals surface area (Å²) in [7, 11) is 0. The van der Waals surface area contributed by atoms with Crippen molar-refractivity contribution in [2.75, 3.05) is 13.1 Å². The average Bonchev–Trinajstić information content (AvgIpc) is 2.15. The Kier molecular flexibility index (Phi) is 7.51. The first kappa shape index (κ1) is 13.4. The zero-order valence-corrected chi connectivity index (χ0v) is 10.1. The molecule has 0 unspecified atom stereocenters. The van der Waals surface area contributed by atoms with E-state index in [1.54, 1.807) is 0 Å². The maximum atomic E-state index is 8.60. The Bertz CT molecular complexity index is 166. The van der Waals surface area contributed by atoms with Crippen LogP contribution in [0.2, 0.25) is 0 Å². The Morgan fingerprint density at radius 2 is 1.79 bits per heavy atom. The van der Waals surface area contributed by atoms with Crippen molar-refractivity contribution in [2.45, 2.75) is 53.0 Å². The van der Waals surface area contributed by atoms with Gasteiger partial charge in [-0.25, -0.2) is 0 Å². The van der Waals surface area contributed by atoms with Crippen LogP contribution in [-0.4, -0.2) is 24.0 Å². The van der Waals surface area contributed by atoms with Gasteiger partial charge in [0.15, 0.2) is 0 Å². The smallest absolute Gasteiger partial charge is 0.0635 e. The van der Waals surface area contributed by atoms with Gasteiger partial charge in [0.25, 0.3) is 0 Å². The van der Waals surface area contributed by atoms with Crippen LogP contribution in [0.4, 0.5) is 0 Å². The van der Waals surface area contributed by atoms with E-state index in [-0.39, 0.29) is 0 Å². The Hall–Kier alpha value is -0.550. The van der Waals surface area contributed by atoms with Gasteiger partial charge in [-0.05, 0) is 18.8 Å². The van der Waals surface area contributed by atoms with Gasteiger partial charge in [-0.1, -0.05) is 27.7 Å². The summed E-state index contributed by atoms with van der Waals surface area (Å²) in [5, 5.41) is 8.60. The van der Waals surface area contributed by atoms with Crippen LogP contribution in [0.1, 0.15) is 47.0 Å². The number of rotatable bonds is 7. The Morgan fingerprint density at radius 3 is 2.14 bits per heavy atom. The van der Waals surface area contributed by atoms with Crippen molar-refractivity contribution in [3.63, 3.8) is 0 Å². The van der Waals surface area contributed by atoms with Crippen molar-refractivity contribution in [2.24, 2.45) is 5.92 Å². The lowest BCUT2D eigenvalue weighted by atomic mass is 10.1. The topological polar surface area (TPSA) is 27.0 Å². The normalized spacial score (nSPS) is 11.3. The first-order valence-corrected chi connectivity index (χ1v) is 5.76. The predicted octanol–water partition coefficient (Wildman–Crippen LogP) is 3.05. The summed E-state index contributed by atoms with van der Waals surface area (Å²) >= 11 is 0. The third-order valence-electron chi connectivity index (χ3n) is 2.57. The highest BCUT2D eigenvalue weighted by atomic mass is 15.1. The molecule has 82 valence electrons. The standard InChI is InChI=1S/C12H24N2/c1-5-12(6-2)14(9-7-8-13)10-11(3)4/h11-12H,5-7,9-10H2,1-4H3. The number of hydrogen-bond acceptors (Lipinski definition) is 2. The minimum absolute atomic E-state index is 0.656. The van der Waals surface area contributed by atoms with E-state index in [4.69, 9.17) is 5.26 Å². The highest BCUT2D eigenvalue weighted by Crippen LogP contribution is 2.11. The first-order valence-electron chi connectivity index (χ1n) is 5.76. The monoisotopic (exact) mass is 196 g/mol. The van der Waals surface area contributed by atoms with E-state index >= 15 is 0 Å². The van der Waals surface area contributed by atoms with E-state index in [1.807, 2.05) is 0 Å². The molecule has 2 nitrogen and oxygen atoms in total. The summed E-state index contributed by atoms with van der Waals surface area (Å²) in [5.74, 6) is 0.689. The van der Waals surface area contributed by atoms with E-state index in [0.29, 0.717) is 18.4 Å². The van der Waals surface area contributed by atoms with Crippen molar-refractivity contribution in [1.82, 2.24) is 4.90 Å². The summed E-state index contributed by atoms with van der Waals surface area (Å²) in [6, 6.07) is 2.89. The van der Waals surface area contributed by atoms with Crippen LogP contribution in [0.25, 0.3) is 0 Å². The van der Waals surface area contributed by atoms with Crippen molar-refractivity contribution in [3.8, 4) is 6.07 Å². The maximum absolute atomic E-state index is 8.60. The van der Waals surface area contributed by atoms with Crippen molar-refractivity contribution in [1.29, 1.82) is 5.26 Å². The fourth-order valence-electron chi connectivity index (χ4n) is 1.89. The van der Waals surface area contributed by atoms with Crippen molar-refractivity contribution < 1.29 is 0 Å². The lowest BCUT2D eigenvalue weighted by Crippen LogP contribution is -2.37. The molecule has 2 heteroatoms. The highest BCUT2D eigenvalue weighted by molar-refractivity contribution is 4.76. The van der Waals surface area contributed by atoms with Gasteiger partial charge in [0.1, 0.15) is 0 Å². The maximum Gasteiger partial charge on any atom is 0.0635 e. The van der Waals surface area contributed by atoms with Crippen LogP contribution in [0, 0.1) is 17.2 Å². The van der Waals surface area contributed by atoms with Gasteiger partial charge in [0.05, 0.1) is 6.07 Å². The van der Waals surface area contributed by atoms with Gasteiger partial charge in [-0.15, -0.1) is 0 Å². The van der Waals surface area contributed by atoms with Crippen LogP contribution < -0.4 is 0 Å². The molecule has 0 rings (SSSR count). The molecule has 0 atom stereocenters. The lowest BCUT2D eigenvalue weighted by Gasteiger charge is -2.31. The van der Waals surface area contributed by atoms with Crippen LogP contribution in [0.3, 0.4) is 0 Å². The Morgan fingerprint density at radius 1 is 1.21 bits per heavy atom. The average molecular weight is 196 g/mol. The van der Waals surface area contributed by atoms with E-state index in [9.17, 15) is 0 Å². The minimum atomic E-state index is 0.656. The summed E-state index contributed by atoms with van der Waals surface area (Å²) in [5.41, 5.74) is 0. The molecule has 0 saturated heterocycles. The Balaban J connectivity index is 4.14. The fourth-order valence-corrected chi connectivity index (χ4v) is 1.89. The Labute approximate surface area is 88.9 Å². The van der Waals surface area contributed by atoms with Gasteiger partial charge in [-0.2, -0.15) is 5.26 Å². The lowest BCUT2D eigenvalue weighted by molar-refractivity contribution is 0.169. The number of nitrogens with zero attached hydrogens (tertiary/aromatic N) is 2. The zero-order chi connectivity index (χ0) is 11.0. The second kappa shape index (κ2) is 7.82. The van der Waals surface area contributed by atoms with E-state index in [0.717, 1.165) is 13.1 Å². The molecule has 0 amide bonds. The summed E-state index contributed by atoms with van der Waals surface area (Å²) < 4.78 is 0. The molecule has 0 aliphatic heterocycles. The van der Waals surface area contributed by atoms with Crippen LogP contribution in [-0.2, 0) is 0 Å². The molecule has 0 aliphatic carbocycles. The first-order chi connectivity index (χ1) is 6.65. The summed E-state index contributed by atoms with van der Waals surface area (Å²) in [4.78, 5) is 2.47. The van der Waals surface area contributed by atoms with Gasteiger partial charge in [0, 0.05) is 25.6 Å². The molecular weight excluding hydrogens is 172 g/mol. The quantitative estimate of drug-likeness (QED) is 0.626. The minimum Gasteiger partial charge on any atom is -0.299 e. The SMILES string of the molecule is CCC(CC)N(CCC#N)CC(C)C. The van der Waals surface area contributed by atoms with Crippen molar-refractivity contribution in [3.05, 3.63) is 0 Å². The molecule has 0 aliphatic rings. The molecular formula is C12H24N2. The van der Waals surface area contributed by atoms with Crippen LogP contribution in [0.5, 0.6) is 0 Å². The largest absolute Gasteiger partial charge is 0.299 e. The van der Waals surface area contributed by atoms with E-state index < -0.39 is 0 Å². The second-order valence-electron chi connectivity index (χ2n) is 4.27. The van der Waals surface area contributed by atoms with Crippen LogP contribution >= 0.6 is 0 Å². The van der Waals surface area contributed by atoms with Gasteiger partial charge < -0.3 is 0 Å². The number of nitriles is 1. The van der Waals surface area contributed by atoms with Crippen molar-refractivity contribution >= 4 is 0 Å². The molecule has 0 aromatic carbocycles. The van der Waals surface area contributed by atoms with E-state index in [1.165, 1.54) is 12.8 Å². The summed E-state index contributed by atoms with van der Waals surface area (Å²) in [6.45, 7) is 11.0. The molecule has 0 aromatic heterocycles. The predicted molar refractivity (Wildman–Crippen MR) is 61.0 cm³/mol. The molecule has 0 heterocycles. The molecule has 0 fully saturated rings. The third kappa shape index (κ3) is 5.24. The molecule has 0 bridgehead atoms. The number of hydrogen-bond donors (Lipinski definition) is 0. The molecule has 0 N–H and O–H groups in total. The third-order valence-corrected chi connectivity index (χ3v) is 2.57. The van der Waals surface area contributed by atoms with Crippen LogP contribution in [0.15, 0.2) is 0 Å². The molecule has 14 heavy (non-hydrogen) atoms. The fraction of sp³-hybridized carbons (Fsp3) is 0.917. The molecule has 0 saturated carbocycles. The highest BCUT2D eigenvalue weighted by Gasteiger charge is 2.15. The second-order valence-corrected chi connectivity index (χ2v) is 4.27. The summed E-state index contributed by atoms with van der Waals surface area (Å²) in [6.07, 6.45) is 3.03. The molecule has 0 aromatic rings. The molecule has 0 spiro atoms. The van der Waals surface area contributed by atoms with E-state index in [2.05, 4.69) is 38.7 Å². The molecule has 0 radical (unpaired) electrons. The zero-order valence-electron chi connectivity index (χ0n) is 10.1. The van der Waals surface area contributed by atoms with Gasteiger partial charge in [-0.3, -0.25) is 4.90 Å².